The quantitative estimate of drug-likeness (QED) is 0.726. The molecule has 1 unspecified atom stereocenters. The number of carbonyl (C=O) groups excluding carboxylic acids is 1. The van der Waals surface area contributed by atoms with Crippen LogP contribution >= 0.6 is 0 Å². The molecular weight excluding hydrogens is 332 g/mol. The zero-order chi connectivity index (χ0) is 19.1. The Morgan fingerprint density at radius 1 is 0.963 bits per heavy atom. The van der Waals surface area contributed by atoms with Gasteiger partial charge in [0.1, 0.15) is 0 Å². The topological polar surface area (TPSA) is 23.6 Å². The van der Waals surface area contributed by atoms with Crippen molar-refractivity contribution < 1.29 is 4.79 Å². The molecule has 2 aromatic rings. The highest BCUT2D eigenvalue weighted by atomic mass is 16.2. The lowest BCUT2D eigenvalue weighted by Crippen LogP contribution is -2.49. The van der Waals surface area contributed by atoms with E-state index in [0.29, 0.717) is 6.42 Å². The molecule has 0 radical (unpaired) electrons. The van der Waals surface area contributed by atoms with Crippen LogP contribution in [0.25, 0.3) is 5.57 Å². The van der Waals surface area contributed by atoms with E-state index in [4.69, 9.17) is 0 Å². The van der Waals surface area contributed by atoms with Gasteiger partial charge in [-0.25, -0.2) is 5.01 Å². The molecule has 1 atom stereocenters. The number of hydrogen-bond acceptors (Lipinski definition) is 2. The van der Waals surface area contributed by atoms with Gasteiger partial charge in [-0.2, -0.15) is 0 Å². The fourth-order valence-corrected chi connectivity index (χ4v) is 5.40. The van der Waals surface area contributed by atoms with E-state index in [1.54, 1.807) is 0 Å². The molecule has 5 rings (SSSR count). The third kappa shape index (κ3) is 2.03. The van der Waals surface area contributed by atoms with E-state index in [-0.39, 0.29) is 23.0 Å². The van der Waals surface area contributed by atoms with Gasteiger partial charge in [-0.1, -0.05) is 54.1 Å². The molecule has 2 saturated heterocycles. The van der Waals surface area contributed by atoms with Crippen LogP contribution in [0.4, 0.5) is 0 Å². The number of hydrogen-bond donors (Lipinski definition) is 0. The van der Waals surface area contributed by atoms with Crippen molar-refractivity contribution in [1.82, 2.24) is 10.0 Å². The number of carbonyl (C=O) groups is 1. The number of amides is 1. The third-order valence-corrected chi connectivity index (χ3v) is 6.50. The number of rotatable bonds is 1. The zero-order valence-corrected chi connectivity index (χ0v) is 16.7. The molecular formula is C24H26N2O. The van der Waals surface area contributed by atoms with Crippen LogP contribution in [-0.2, 0) is 4.79 Å². The second-order valence-electron chi connectivity index (χ2n) is 9.24. The Kier molecular flexibility index (Phi) is 3.17. The number of hydrazine groups is 1. The van der Waals surface area contributed by atoms with Gasteiger partial charge in [0.25, 0.3) is 0 Å². The Labute approximate surface area is 161 Å². The summed E-state index contributed by atoms with van der Waals surface area (Å²) in [6.07, 6.45) is 0.572. The summed E-state index contributed by atoms with van der Waals surface area (Å²) in [4.78, 5) is 13.0. The number of aryl methyl sites for hydroxylation is 1. The van der Waals surface area contributed by atoms with Gasteiger partial charge in [0.05, 0.1) is 11.6 Å². The Morgan fingerprint density at radius 2 is 1.63 bits per heavy atom. The number of fused-ring (bicyclic) bond motifs is 5. The van der Waals surface area contributed by atoms with Crippen LogP contribution in [0.3, 0.4) is 0 Å². The Hall–Kier alpha value is -2.39. The average Bonchev–Trinajstić information content (AvgIpc) is 3.15. The van der Waals surface area contributed by atoms with Gasteiger partial charge < -0.3 is 0 Å². The van der Waals surface area contributed by atoms with Gasteiger partial charge in [0.15, 0.2) is 0 Å². The minimum atomic E-state index is -0.339. The normalized spacial score (nSPS) is 25.0. The van der Waals surface area contributed by atoms with Gasteiger partial charge in [-0.3, -0.25) is 9.80 Å². The van der Waals surface area contributed by atoms with Gasteiger partial charge in [0.2, 0.25) is 5.91 Å². The third-order valence-electron chi connectivity index (χ3n) is 6.50. The van der Waals surface area contributed by atoms with Crippen molar-refractivity contribution in [1.29, 1.82) is 0 Å². The molecule has 27 heavy (non-hydrogen) atoms. The molecule has 2 aliphatic heterocycles. The summed E-state index contributed by atoms with van der Waals surface area (Å²) in [7, 11) is 0. The average molecular weight is 358 g/mol. The van der Waals surface area contributed by atoms with Gasteiger partial charge in [0, 0.05) is 12.0 Å². The van der Waals surface area contributed by atoms with Crippen molar-refractivity contribution in [3.05, 3.63) is 76.4 Å². The van der Waals surface area contributed by atoms with Gasteiger partial charge >= 0.3 is 0 Å². The number of benzene rings is 2. The SMILES string of the molecule is Cc1ccc(C2=C3C(c4ccccc42)N2N(C(=O)CC2(C)C)C3(C)C)cc1. The first kappa shape index (κ1) is 16.8. The molecule has 2 heterocycles. The molecule has 2 aromatic carbocycles. The van der Waals surface area contributed by atoms with Crippen LogP contribution in [-0.4, -0.2) is 27.0 Å². The lowest BCUT2D eigenvalue weighted by molar-refractivity contribution is -0.145. The molecule has 138 valence electrons. The van der Waals surface area contributed by atoms with E-state index >= 15 is 0 Å². The predicted octanol–water partition coefficient (Wildman–Crippen LogP) is 4.87. The van der Waals surface area contributed by atoms with E-state index in [2.05, 4.69) is 88.2 Å². The molecule has 0 bridgehead atoms. The summed E-state index contributed by atoms with van der Waals surface area (Å²) in [6.45, 7) is 10.9. The first-order valence-corrected chi connectivity index (χ1v) is 9.77. The van der Waals surface area contributed by atoms with Crippen molar-refractivity contribution in [2.75, 3.05) is 0 Å². The van der Waals surface area contributed by atoms with Crippen LogP contribution in [0.2, 0.25) is 0 Å². The second kappa shape index (κ2) is 5.11. The van der Waals surface area contributed by atoms with Crippen molar-refractivity contribution in [2.24, 2.45) is 0 Å². The van der Waals surface area contributed by atoms with Crippen molar-refractivity contribution in [3.63, 3.8) is 0 Å². The van der Waals surface area contributed by atoms with Crippen molar-refractivity contribution >= 4 is 11.5 Å². The monoisotopic (exact) mass is 358 g/mol. The van der Waals surface area contributed by atoms with Crippen LogP contribution < -0.4 is 0 Å². The molecule has 1 aliphatic carbocycles. The predicted molar refractivity (Wildman–Crippen MR) is 108 cm³/mol. The zero-order valence-electron chi connectivity index (χ0n) is 16.7. The first-order chi connectivity index (χ1) is 12.7. The van der Waals surface area contributed by atoms with Crippen LogP contribution in [0, 0.1) is 6.92 Å². The minimum Gasteiger partial charge on any atom is -0.273 e. The molecule has 3 heteroatoms. The van der Waals surface area contributed by atoms with Gasteiger partial charge in [-0.05, 0) is 62.5 Å². The summed E-state index contributed by atoms with van der Waals surface area (Å²) in [5, 5.41) is 4.39. The lowest BCUT2D eigenvalue weighted by Gasteiger charge is -2.38. The Balaban J connectivity index is 1.83. The first-order valence-electron chi connectivity index (χ1n) is 9.77. The van der Waals surface area contributed by atoms with E-state index in [1.807, 2.05) is 5.01 Å². The second-order valence-corrected chi connectivity index (χ2v) is 9.24. The maximum absolute atomic E-state index is 13.0. The van der Waals surface area contributed by atoms with E-state index < -0.39 is 0 Å². The summed E-state index contributed by atoms with van der Waals surface area (Å²) < 4.78 is 0. The van der Waals surface area contributed by atoms with Crippen molar-refractivity contribution in [3.8, 4) is 0 Å². The molecule has 3 nitrogen and oxygen atoms in total. The smallest absolute Gasteiger partial charge is 0.239 e. The van der Waals surface area contributed by atoms with Crippen LogP contribution in [0.15, 0.2) is 54.1 Å². The highest BCUT2D eigenvalue weighted by Gasteiger charge is 2.63. The molecule has 0 N–H and O–H groups in total. The summed E-state index contributed by atoms with van der Waals surface area (Å²) in [6, 6.07) is 17.6. The lowest BCUT2D eigenvalue weighted by atomic mass is 9.85. The maximum Gasteiger partial charge on any atom is 0.239 e. The van der Waals surface area contributed by atoms with E-state index in [0.717, 1.165) is 0 Å². The van der Waals surface area contributed by atoms with E-state index in [9.17, 15) is 4.79 Å². The van der Waals surface area contributed by atoms with Gasteiger partial charge in [-0.15, -0.1) is 0 Å². The molecule has 3 aliphatic rings. The largest absolute Gasteiger partial charge is 0.273 e. The highest BCUT2D eigenvalue weighted by molar-refractivity contribution is 5.93. The van der Waals surface area contributed by atoms with E-state index in [1.165, 1.54) is 33.4 Å². The fourth-order valence-electron chi connectivity index (χ4n) is 5.40. The molecule has 1 amide bonds. The fraction of sp³-hybridized carbons (Fsp3) is 0.375. The summed E-state index contributed by atoms with van der Waals surface area (Å²) in [5.74, 6) is 0.229. The molecule has 0 spiro atoms. The van der Waals surface area contributed by atoms with Crippen LogP contribution in [0.1, 0.15) is 62.4 Å². The number of nitrogens with zero attached hydrogens (tertiary/aromatic N) is 2. The molecule has 0 saturated carbocycles. The highest BCUT2D eigenvalue weighted by Crippen LogP contribution is 2.61. The maximum atomic E-state index is 13.0. The molecule has 2 fully saturated rings. The Morgan fingerprint density at radius 3 is 2.33 bits per heavy atom. The summed E-state index contributed by atoms with van der Waals surface area (Å²) >= 11 is 0. The minimum absolute atomic E-state index is 0.133. The summed E-state index contributed by atoms with van der Waals surface area (Å²) in [5.41, 5.74) is 7.27. The van der Waals surface area contributed by atoms with Crippen molar-refractivity contribution in [2.45, 2.75) is 58.2 Å². The Bertz CT molecular complexity index is 997. The molecule has 0 aromatic heterocycles. The van der Waals surface area contributed by atoms with Crippen LogP contribution in [0.5, 0.6) is 0 Å². The standard InChI is InChI=1S/C24H26N2O/c1-15-10-12-16(13-11-15)20-17-8-6-7-9-18(17)22-21(20)24(4,5)25-19(27)14-23(2,3)26(22)25/h6-13,22H,14H2,1-5H3.